The number of halogens is 2. The lowest BCUT2D eigenvalue weighted by molar-refractivity contribution is -0.117. The van der Waals surface area contributed by atoms with Crippen molar-refractivity contribution in [2.45, 2.75) is 34.1 Å². The Morgan fingerprint density at radius 1 is 1.08 bits per heavy atom. The maximum absolute atomic E-state index is 14.2. The third-order valence-corrected chi connectivity index (χ3v) is 4.35. The van der Waals surface area contributed by atoms with Gasteiger partial charge in [0.15, 0.2) is 0 Å². The van der Waals surface area contributed by atoms with Gasteiger partial charge in [0.25, 0.3) is 0 Å². The van der Waals surface area contributed by atoms with Crippen LogP contribution in [0, 0.1) is 18.6 Å². The number of nitrogens with one attached hydrogen (secondary N) is 1. The van der Waals surface area contributed by atoms with Crippen molar-refractivity contribution in [3.05, 3.63) is 64.7 Å². The van der Waals surface area contributed by atoms with Crippen molar-refractivity contribution in [3.8, 4) is 11.1 Å². The highest BCUT2D eigenvalue weighted by Gasteiger charge is 2.15. The van der Waals surface area contributed by atoms with Crippen molar-refractivity contribution >= 4 is 11.5 Å². The van der Waals surface area contributed by atoms with Gasteiger partial charge >= 0.3 is 0 Å². The van der Waals surface area contributed by atoms with E-state index in [1.807, 2.05) is 13.8 Å². The highest BCUT2D eigenvalue weighted by molar-refractivity contribution is 6.00. The van der Waals surface area contributed by atoms with Crippen LogP contribution in [-0.4, -0.2) is 12.5 Å². The molecule has 0 aliphatic rings. The van der Waals surface area contributed by atoms with E-state index in [9.17, 15) is 13.6 Å². The molecule has 2 aromatic carbocycles. The molecule has 2 nitrogen and oxygen atoms in total. The number of rotatable bonds is 5. The van der Waals surface area contributed by atoms with Gasteiger partial charge in [0.05, 0.1) is 0 Å². The molecule has 0 radical (unpaired) electrons. The predicted octanol–water partition coefficient (Wildman–Crippen LogP) is 5.26. The maximum Gasteiger partial charge on any atom is 0.247 e. The summed E-state index contributed by atoms with van der Waals surface area (Å²) >= 11 is 0. The van der Waals surface area contributed by atoms with E-state index in [1.165, 1.54) is 24.3 Å². The average Bonchev–Trinajstić information content (AvgIpc) is 2.60. The lowest BCUT2D eigenvalue weighted by Gasteiger charge is -2.15. The van der Waals surface area contributed by atoms with Crippen LogP contribution in [-0.2, 0) is 4.79 Å². The van der Waals surface area contributed by atoms with E-state index in [4.69, 9.17) is 0 Å². The second-order valence-corrected chi connectivity index (χ2v) is 6.14. The summed E-state index contributed by atoms with van der Waals surface area (Å²) in [5.74, 6) is -0.943. The smallest absolute Gasteiger partial charge is 0.247 e. The van der Waals surface area contributed by atoms with Crippen LogP contribution < -0.4 is 5.32 Å². The fourth-order valence-corrected chi connectivity index (χ4v) is 2.77. The molecule has 0 aliphatic heterocycles. The number of amides is 1. The molecule has 0 aliphatic carbocycles. The zero-order valence-electron chi connectivity index (χ0n) is 15.0. The van der Waals surface area contributed by atoms with E-state index >= 15 is 0 Å². The van der Waals surface area contributed by atoms with Gasteiger partial charge in [0.1, 0.15) is 11.6 Å². The molecule has 0 aromatic heterocycles. The van der Waals surface area contributed by atoms with Gasteiger partial charge in [-0.15, -0.1) is 0 Å². The fourth-order valence-electron chi connectivity index (χ4n) is 2.77. The van der Waals surface area contributed by atoms with Gasteiger partial charge in [-0.05, 0) is 79.3 Å². The lowest BCUT2D eigenvalue weighted by Crippen LogP contribution is -2.25. The average molecular weight is 343 g/mol. The first-order chi connectivity index (χ1) is 11.8. The van der Waals surface area contributed by atoms with Crippen LogP contribution in [0.5, 0.6) is 0 Å². The van der Waals surface area contributed by atoms with Crippen molar-refractivity contribution < 1.29 is 13.6 Å². The number of allylic oxidation sites excluding steroid dienone is 1. The molecule has 0 heterocycles. The van der Waals surface area contributed by atoms with Crippen LogP contribution in [0.4, 0.5) is 8.78 Å². The third-order valence-electron chi connectivity index (χ3n) is 4.35. The third kappa shape index (κ3) is 4.32. The SMILES string of the molecule is CCCNC(=O)/C(C)=C(\C)c1cc(F)cc(-c2cccc(F)c2)c1C. The molecule has 0 atom stereocenters. The van der Waals surface area contributed by atoms with Crippen LogP contribution >= 0.6 is 0 Å². The molecule has 2 aromatic rings. The van der Waals surface area contributed by atoms with E-state index in [0.717, 1.165) is 12.0 Å². The van der Waals surface area contributed by atoms with E-state index in [-0.39, 0.29) is 11.7 Å². The molecule has 25 heavy (non-hydrogen) atoms. The number of hydrogen-bond acceptors (Lipinski definition) is 1. The van der Waals surface area contributed by atoms with Crippen molar-refractivity contribution in [1.29, 1.82) is 0 Å². The minimum Gasteiger partial charge on any atom is -0.352 e. The molecule has 132 valence electrons. The zero-order valence-corrected chi connectivity index (χ0v) is 15.0. The van der Waals surface area contributed by atoms with E-state index in [0.29, 0.717) is 34.4 Å². The summed E-state index contributed by atoms with van der Waals surface area (Å²) in [7, 11) is 0. The van der Waals surface area contributed by atoms with Crippen LogP contribution in [0.3, 0.4) is 0 Å². The molecule has 4 heteroatoms. The summed E-state index contributed by atoms with van der Waals surface area (Å²) in [6, 6.07) is 8.89. The first kappa shape index (κ1) is 18.8. The standard InChI is InChI=1S/C21H23F2NO/c1-5-9-24-21(25)14(3)13(2)19-11-18(23)12-20(15(19)4)16-7-6-8-17(22)10-16/h6-8,10-12H,5,9H2,1-4H3,(H,24,25)/b14-13+. The Kier molecular flexibility index (Phi) is 6.07. The van der Waals surface area contributed by atoms with Gasteiger partial charge in [0, 0.05) is 12.1 Å². The summed E-state index contributed by atoms with van der Waals surface area (Å²) < 4.78 is 27.7. The number of carbonyl (C=O) groups excluding carboxylic acids is 1. The molecular formula is C21H23F2NO. The predicted molar refractivity (Wildman–Crippen MR) is 98.1 cm³/mol. The largest absolute Gasteiger partial charge is 0.352 e. The highest BCUT2D eigenvalue weighted by Crippen LogP contribution is 2.32. The van der Waals surface area contributed by atoms with E-state index in [1.54, 1.807) is 26.0 Å². The van der Waals surface area contributed by atoms with Gasteiger partial charge in [-0.3, -0.25) is 4.79 Å². The van der Waals surface area contributed by atoms with Crippen LogP contribution in [0.1, 0.15) is 38.3 Å². The second-order valence-electron chi connectivity index (χ2n) is 6.14. The Bertz CT molecular complexity index is 825. The Morgan fingerprint density at radius 3 is 2.44 bits per heavy atom. The molecule has 0 fully saturated rings. The molecule has 0 saturated heterocycles. The first-order valence-corrected chi connectivity index (χ1v) is 8.37. The first-order valence-electron chi connectivity index (χ1n) is 8.37. The minimum atomic E-state index is -0.416. The maximum atomic E-state index is 14.2. The monoisotopic (exact) mass is 343 g/mol. The van der Waals surface area contributed by atoms with Gasteiger partial charge in [0.2, 0.25) is 5.91 Å². The van der Waals surface area contributed by atoms with Crippen molar-refractivity contribution in [3.63, 3.8) is 0 Å². The normalized spacial score (nSPS) is 11.9. The summed E-state index contributed by atoms with van der Waals surface area (Å²) in [5.41, 5.74) is 3.96. The Balaban J connectivity index is 2.54. The molecule has 0 unspecified atom stereocenters. The summed E-state index contributed by atoms with van der Waals surface area (Å²) in [4.78, 5) is 12.2. The molecule has 0 saturated carbocycles. The molecule has 0 spiro atoms. The summed E-state index contributed by atoms with van der Waals surface area (Å²) in [6.45, 7) is 7.97. The Labute approximate surface area is 147 Å². The molecule has 1 N–H and O–H groups in total. The van der Waals surface area contributed by atoms with E-state index < -0.39 is 5.82 Å². The summed E-state index contributed by atoms with van der Waals surface area (Å²) in [6.07, 6.45) is 0.848. The van der Waals surface area contributed by atoms with Crippen LogP contribution in [0.25, 0.3) is 16.7 Å². The number of carbonyl (C=O) groups is 1. The van der Waals surface area contributed by atoms with E-state index in [2.05, 4.69) is 5.32 Å². The fraction of sp³-hybridized carbons (Fsp3) is 0.286. The van der Waals surface area contributed by atoms with Gasteiger partial charge in [-0.2, -0.15) is 0 Å². The van der Waals surface area contributed by atoms with Crippen molar-refractivity contribution in [2.24, 2.45) is 0 Å². The lowest BCUT2D eigenvalue weighted by atomic mass is 9.91. The van der Waals surface area contributed by atoms with Gasteiger partial charge in [-0.25, -0.2) is 8.78 Å². The summed E-state index contributed by atoms with van der Waals surface area (Å²) in [5, 5.41) is 2.83. The van der Waals surface area contributed by atoms with Crippen molar-refractivity contribution in [1.82, 2.24) is 5.32 Å². The van der Waals surface area contributed by atoms with Crippen LogP contribution in [0.15, 0.2) is 42.0 Å². The van der Waals surface area contributed by atoms with Crippen molar-refractivity contribution in [2.75, 3.05) is 6.54 Å². The van der Waals surface area contributed by atoms with Gasteiger partial charge in [-0.1, -0.05) is 19.1 Å². The Morgan fingerprint density at radius 2 is 1.80 bits per heavy atom. The quantitative estimate of drug-likeness (QED) is 0.737. The number of hydrogen-bond donors (Lipinski definition) is 1. The molecule has 0 bridgehead atoms. The highest BCUT2D eigenvalue weighted by atomic mass is 19.1. The number of benzene rings is 2. The zero-order chi connectivity index (χ0) is 18.6. The Hall–Kier alpha value is -2.49. The minimum absolute atomic E-state index is 0.157. The second kappa shape index (κ2) is 8.06. The van der Waals surface area contributed by atoms with Crippen LogP contribution in [0.2, 0.25) is 0 Å². The topological polar surface area (TPSA) is 29.1 Å². The molecular weight excluding hydrogens is 320 g/mol. The molecule has 1 amide bonds. The molecule has 2 rings (SSSR count). The van der Waals surface area contributed by atoms with Gasteiger partial charge < -0.3 is 5.32 Å².